The molecule has 3 aromatic rings. The Bertz CT molecular complexity index is 853. The van der Waals surface area contributed by atoms with Crippen molar-refractivity contribution >= 4 is 16.9 Å². The fraction of sp³-hybridized carbons (Fsp3) is 0.375. The molecule has 8 nitrogen and oxygen atoms in total. The number of H-pyrrole nitrogens is 1. The predicted octanol–water partition coefficient (Wildman–Crippen LogP) is 0.548. The van der Waals surface area contributed by atoms with E-state index in [4.69, 9.17) is 0 Å². The normalized spacial score (nSPS) is 16.9. The number of para-hydroxylation sites is 1. The molecule has 0 fully saturated rings. The summed E-state index contributed by atoms with van der Waals surface area (Å²) in [6, 6.07) is 7.49. The molecule has 0 unspecified atom stereocenters. The molecule has 1 aromatic carbocycles. The molecule has 24 heavy (non-hydrogen) atoms. The van der Waals surface area contributed by atoms with Gasteiger partial charge in [-0.25, -0.2) is 9.67 Å². The number of nitrogens with one attached hydrogen (secondary N) is 3. The number of aromatic nitrogens is 5. The molecule has 3 heterocycles. The van der Waals surface area contributed by atoms with Crippen LogP contribution < -0.4 is 10.6 Å². The summed E-state index contributed by atoms with van der Waals surface area (Å²) in [4.78, 5) is 19.7. The van der Waals surface area contributed by atoms with Crippen molar-refractivity contribution in [1.82, 2.24) is 35.6 Å². The van der Waals surface area contributed by atoms with Gasteiger partial charge in [-0.1, -0.05) is 17.3 Å². The van der Waals surface area contributed by atoms with Gasteiger partial charge < -0.3 is 15.6 Å². The molecule has 0 saturated heterocycles. The molecule has 1 amide bonds. The maximum atomic E-state index is 12.4. The molecule has 1 atom stereocenters. The average molecular weight is 325 g/mol. The van der Waals surface area contributed by atoms with Gasteiger partial charge >= 0.3 is 0 Å². The van der Waals surface area contributed by atoms with E-state index in [-0.39, 0.29) is 11.9 Å². The Morgan fingerprint density at radius 3 is 3.25 bits per heavy atom. The van der Waals surface area contributed by atoms with Gasteiger partial charge in [-0.2, -0.15) is 0 Å². The van der Waals surface area contributed by atoms with E-state index < -0.39 is 0 Å². The summed E-state index contributed by atoms with van der Waals surface area (Å²) >= 11 is 0. The van der Waals surface area contributed by atoms with Crippen molar-refractivity contribution in [3.63, 3.8) is 0 Å². The number of carbonyl (C=O) groups excluding carboxylic acids is 1. The zero-order chi connectivity index (χ0) is 16.4. The van der Waals surface area contributed by atoms with Crippen molar-refractivity contribution < 1.29 is 4.79 Å². The summed E-state index contributed by atoms with van der Waals surface area (Å²) in [5.41, 5.74) is 3.75. The number of amides is 1. The highest BCUT2D eigenvalue weighted by atomic mass is 16.2. The first-order valence-electron chi connectivity index (χ1n) is 8.14. The van der Waals surface area contributed by atoms with Crippen LogP contribution in [-0.2, 0) is 17.8 Å². The third-order valence-electron chi connectivity index (χ3n) is 4.28. The fourth-order valence-electron chi connectivity index (χ4n) is 3.06. The van der Waals surface area contributed by atoms with Crippen LogP contribution in [0.1, 0.15) is 23.9 Å². The zero-order valence-corrected chi connectivity index (χ0v) is 13.2. The minimum absolute atomic E-state index is 0.0356. The standard InChI is InChI=1S/C16H19N7O/c24-16(15-14-12(6-8-17-15)19-10-20-14)18-7-3-9-23-13-5-2-1-4-11(13)21-22-23/h1-2,4-5,10,15,17H,3,6-9H2,(H,18,24)(H,19,20)/t15-/m0/s1. The number of hydrogen-bond donors (Lipinski definition) is 3. The third kappa shape index (κ3) is 2.76. The maximum Gasteiger partial charge on any atom is 0.243 e. The Morgan fingerprint density at radius 2 is 2.29 bits per heavy atom. The smallest absolute Gasteiger partial charge is 0.243 e. The number of benzene rings is 1. The SMILES string of the molecule is O=C(NCCCn1nnc2ccccc21)[C@H]1NCCc2[nH]cnc21. The van der Waals surface area contributed by atoms with E-state index >= 15 is 0 Å². The summed E-state index contributed by atoms with van der Waals surface area (Å²) in [7, 11) is 0. The molecule has 1 aliphatic rings. The van der Waals surface area contributed by atoms with Gasteiger partial charge in [0.25, 0.3) is 0 Å². The lowest BCUT2D eigenvalue weighted by molar-refractivity contribution is -0.123. The Morgan fingerprint density at radius 1 is 1.38 bits per heavy atom. The number of imidazole rings is 1. The Kier molecular flexibility index (Phi) is 3.96. The monoisotopic (exact) mass is 325 g/mol. The summed E-state index contributed by atoms with van der Waals surface area (Å²) in [5.74, 6) is -0.0356. The quantitative estimate of drug-likeness (QED) is 0.595. The molecule has 3 N–H and O–H groups in total. The van der Waals surface area contributed by atoms with E-state index in [0.29, 0.717) is 13.1 Å². The lowest BCUT2D eigenvalue weighted by atomic mass is 10.1. The van der Waals surface area contributed by atoms with Gasteiger partial charge in [0.2, 0.25) is 5.91 Å². The van der Waals surface area contributed by atoms with Crippen LogP contribution in [-0.4, -0.2) is 44.0 Å². The van der Waals surface area contributed by atoms with E-state index in [9.17, 15) is 4.79 Å². The van der Waals surface area contributed by atoms with Gasteiger partial charge in [0.05, 0.1) is 17.5 Å². The number of aryl methyl sites for hydroxylation is 1. The number of hydrogen-bond acceptors (Lipinski definition) is 5. The number of carbonyl (C=O) groups is 1. The van der Waals surface area contributed by atoms with Crippen molar-refractivity contribution in [2.75, 3.05) is 13.1 Å². The molecule has 4 rings (SSSR count). The third-order valence-corrected chi connectivity index (χ3v) is 4.28. The van der Waals surface area contributed by atoms with E-state index in [0.717, 1.165) is 41.8 Å². The van der Waals surface area contributed by atoms with E-state index in [2.05, 4.69) is 30.9 Å². The van der Waals surface area contributed by atoms with Crippen molar-refractivity contribution in [1.29, 1.82) is 0 Å². The van der Waals surface area contributed by atoms with Crippen molar-refractivity contribution in [3.05, 3.63) is 42.0 Å². The highest BCUT2D eigenvalue weighted by Crippen LogP contribution is 2.19. The molecule has 1 aliphatic heterocycles. The molecule has 0 spiro atoms. The van der Waals surface area contributed by atoms with Crippen molar-refractivity contribution in [2.45, 2.75) is 25.4 Å². The molecule has 0 aliphatic carbocycles. The van der Waals surface area contributed by atoms with Gasteiger partial charge in [-0.15, -0.1) is 5.10 Å². The number of fused-ring (bicyclic) bond motifs is 2. The summed E-state index contributed by atoms with van der Waals surface area (Å²) in [6.07, 6.45) is 3.31. The molecule has 8 heteroatoms. The molecule has 124 valence electrons. The van der Waals surface area contributed by atoms with Crippen LogP contribution in [0.4, 0.5) is 0 Å². The van der Waals surface area contributed by atoms with Crippen LogP contribution in [0.2, 0.25) is 0 Å². The van der Waals surface area contributed by atoms with E-state index in [1.54, 1.807) is 6.33 Å². The Balaban J connectivity index is 1.31. The maximum absolute atomic E-state index is 12.4. The van der Waals surface area contributed by atoms with Gasteiger partial charge in [-0.05, 0) is 18.6 Å². The molecule has 0 saturated carbocycles. The Hall–Kier alpha value is -2.74. The first kappa shape index (κ1) is 14.8. The first-order chi connectivity index (χ1) is 11.8. The lowest BCUT2D eigenvalue weighted by Gasteiger charge is -2.22. The molecule has 2 aromatic heterocycles. The second-order valence-corrected chi connectivity index (χ2v) is 5.85. The van der Waals surface area contributed by atoms with Crippen LogP contribution in [0.25, 0.3) is 11.0 Å². The number of nitrogens with zero attached hydrogens (tertiary/aromatic N) is 4. The minimum atomic E-state index is -0.368. The molecule has 0 radical (unpaired) electrons. The van der Waals surface area contributed by atoms with Crippen LogP contribution >= 0.6 is 0 Å². The predicted molar refractivity (Wildman–Crippen MR) is 88.2 cm³/mol. The van der Waals surface area contributed by atoms with Crippen LogP contribution in [0.15, 0.2) is 30.6 Å². The van der Waals surface area contributed by atoms with Gasteiger partial charge in [-0.3, -0.25) is 4.79 Å². The van der Waals surface area contributed by atoms with Crippen molar-refractivity contribution in [3.8, 4) is 0 Å². The van der Waals surface area contributed by atoms with Gasteiger partial charge in [0.1, 0.15) is 11.6 Å². The van der Waals surface area contributed by atoms with E-state index in [1.165, 1.54) is 0 Å². The summed E-state index contributed by atoms with van der Waals surface area (Å²) < 4.78 is 1.87. The van der Waals surface area contributed by atoms with Crippen LogP contribution in [0.5, 0.6) is 0 Å². The van der Waals surface area contributed by atoms with E-state index in [1.807, 2.05) is 28.9 Å². The zero-order valence-electron chi connectivity index (χ0n) is 13.2. The average Bonchev–Trinajstić information content (AvgIpc) is 3.25. The highest BCUT2D eigenvalue weighted by molar-refractivity contribution is 5.83. The van der Waals surface area contributed by atoms with Gasteiger partial charge in [0.15, 0.2) is 0 Å². The second-order valence-electron chi connectivity index (χ2n) is 5.85. The molecular weight excluding hydrogens is 306 g/mol. The van der Waals surface area contributed by atoms with Crippen LogP contribution in [0, 0.1) is 0 Å². The Labute approximate surface area is 138 Å². The fourth-order valence-corrected chi connectivity index (χ4v) is 3.06. The van der Waals surface area contributed by atoms with Crippen molar-refractivity contribution in [2.24, 2.45) is 0 Å². The minimum Gasteiger partial charge on any atom is -0.354 e. The summed E-state index contributed by atoms with van der Waals surface area (Å²) in [5, 5.41) is 14.5. The molecule has 0 bridgehead atoms. The largest absolute Gasteiger partial charge is 0.354 e. The number of aromatic amines is 1. The first-order valence-corrected chi connectivity index (χ1v) is 8.14. The number of rotatable bonds is 5. The molecular formula is C16H19N7O. The summed E-state index contributed by atoms with van der Waals surface area (Å²) in [6.45, 7) is 2.08. The van der Waals surface area contributed by atoms with Crippen LogP contribution in [0.3, 0.4) is 0 Å². The highest BCUT2D eigenvalue weighted by Gasteiger charge is 2.27. The second kappa shape index (κ2) is 6.40. The topological polar surface area (TPSA) is 101 Å². The van der Waals surface area contributed by atoms with Gasteiger partial charge in [0, 0.05) is 31.7 Å². The lowest BCUT2D eigenvalue weighted by Crippen LogP contribution is -2.42.